The van der Waals surface area contributed by atoms with Gasteiger partial charge in [0.2, 0.25) is 5.91 Å². The fourth-order valence-electron chi connectivity index (χ4n) is 5.06. The number of nitrogens with one attached hydrogen (secondary N) is 1. The Bertz CT molecular complexity index is 1550. The number of nitrogens with zero attached hydrogens (tertiary/aromatic N) is 2. The maximum atomic E-state index is 14.1. The average molecular weight is 504 g/mol. The lowest BCUT2D eigenvalue weighted by atomic mass is 10.0. The first-order valence-electron chi connectivity index (χ1n) is 12.9. The van der Waals surface area contributed by atoms with Gasteiger partial charge in [-0.05, 0) is 41.8 Å². The molecule has 1 aliphatic heterocycles. The van der Waals surface area contributed by atoms with Crippen LogP contribution in [0.15, 0.2) is 108 Å². The summed E-state index contributed by atoms with van der Waals surface area (Å²) < 4.78 is 11.9. The maximum absolute atomic E-state index is 14.1. The first-order valence-corrected chi connectivity index (χ1v) is 12.9. The van der Waals surface area contributed by atoms with Crippen LogP contribution in [0, 0.1) is 0 Å². The number of hydrogen-bond donors (Lipinski definition) is 1. The Morgan fingerprint density at radius 1 is 0.868 bits per heavy atom. The van der Waals surface area contributed by atoms with Crippen LogP contribution in [0.3, 0.4) is 0 Å². The molecule has 1 N–H and O–H groups in total. The molecule has 6 heteroatoms. The van der Waals surface area contributed by atoms with E-state index in [0.717, 1.165) is 33.5 Å². The van der Waals surface area contributed by atoms with Gasteiger partial charge in [0.15, 0.2) is 5.58 Å². The summed E-state index contributed by atoms with van der Waals surface area (Å²) in [5.41, 5.74) is 5.63. The molecule has 6 nitrogen and oxygen atoms in total. The summed E-state index contributed by atoms with van der Waals surface area (Å²) in [4.78, 5) is 16.0. The third-order valence-electron chi connectivity index (χ3n) is 7.08. The van der Waals surface area contributed by atoms with E-state index in [9.17, 15) is 4.79 Å². The van der Waals surface area contributed by atoms with Crippen LogP contribution < -0.4 is 10.1 Å². The van der Waals surface area contributed by atoms with Gasteiger partial charge >= 0.3 is 0 Å². The second-order valence-electron chi connectivity index (χ2n) is 9.60. The van der Waals surface area contributed by atoms with Crippen LogP contribution in [0.1, 0.15) is 22.4 Å². The van der Waals surface area contributed by atoms with E-state index in [-0.39, 0.29) is 18.4 Å². The molecule has 1 aliphatic rings. The molecule has 6 rings (SSSR count). The van der Waals surface area contributed by atoms with Gasteiger partial charge in [-0.15, -0.1) is 0 Å². The first kappa shape index (κ1) is 23.8. The zero-order valence-corrected chi connectivity index (χ0v) is 21.0. The van der Waals surface area contributed by atoms with Crippen LogP contribution in [0.5, 0.6) is 5.75 Å². The zero-order valence-electron chi connectivity index (χ0n) is 21.0. The largest absolute Gasteiger partial charge is 0.491 e. The summed E-state index contributed by atoms with van der Waals surface area (Å²) in [5, 5.41) is 8.67. The fraction of sp³-hybridized carbons (Fsp3) is 0.188. The number of anilines is 1. The van der Waals surface area contributed by atoms with E-state index in [4.69, 9.17) is 9.26 Å². The number of aromatic nitrogens is 1. The third-order valence-corrected chi connectivity index (χ3v) is 7.08. The molecule has 0 spiro atoms. The standard InChI is InChI=1S/C32H29N3O3/c36-32(19-29-27-14-6-9-17-31(27)38-34-29)35-21-25-13-4-7-15-28(25)33-20-24-12-5-8-16-30(24)37-22-26(35)18-23-10-2-1-3-11-23/h1-17,26,33H,18-22H2/t26-/m0/s1. The summed E-state index contributed by atoms with van der Waals surface area (Å²) in [7, 11) is 0. The highest BCUT2D eigenvalue weighted by Gasteiger charge is 2.28. The van der Waals surface area contributed by atoms with Crippen molar-refractivity contribution in [3.8, 4) is 5.75 Å². The Balaban J connectivity index is 1.40. The summed E-state index contributed by atoms with van der Waals surface area (Å²) in [6.07, 6.45) is 0.818. The van der Waals surface area contributed by atoms with Crippen molar-refractivity contribution < 1.29 is 14.1 Å². The normalized spacial score (nSPS) is 15.5. The molecular formula is C32H29N3O3. The topological polar surface area (TPSA) is 67.6 Å². The molecule has 5 aromatic rings. The van der Waals surface area contributed by atoms with Crippen molar-refractivity contribution in [3.05, 3.63) is 126 Å². The van der Waals surface area contributed by atoms with E-state index in [1.807, 2.05) is 77.7 Å². The van der Waals surface area contributed by atoms with Crippen LogP contribution >= 0.6 is 0 Å². The Labute approximate surface area is 221 Å². The van der Waals surface area contributed by atoms with Crippen LogP contribution in [0.25, 0.3) is 11.0 Å². The minimum atomic E-state index is -0.192. The molecule has 1 aromatic heterocycles. The van der Waals surface area contributed by atoms with E-state index >= 15 is 0 Å². The first-order chi connectivity index (χ1) is 18.7. The number of hydrogen-bond acceptors (Lipinski definition) is 5. The molecular weight excluding hydrogens is 474 g/mol. The number of amides is 1. The molecule has 38 heavy (non-hydrogen) atoms. The predicted octanol–water partition coefficient (Wildman–Crippen LogP) is 6.01. The molecule has 0 aliphatic carbocycles. The van der Waals surface area contributed by atoms with Crippen molar-refractivity contribution in [2.75, 3.05) is 11.9 Å². The minimum absolute atomic E-state index is 0.0177. The lowest BCUT2D eigenvalue weighted by Gasteiger charge is -2.32. The zero-order chi connectivity index (χ0) is 25.7. The van der Waals surface area contributed by atoms with Gasteiger partial charge in [0.25, 0.3) is 0 Å². The third kappa shape index (κ3) is 5.11. The van der Waals surface area contributed by atoms with Gasteiger partial charge in [-0.2, -0.15) is 0 Å². The SMILES string of the molecule is O=C(Cc1noc2ccccc12)N1Cc2ccccc2NCc2ccccc2OC[C@@H]1Cc1ccccc1. The molecule has 4 aromatic carbocycles. The van der Waals surface area contributed by atoms with Crippen molar-refractivity contribution >= 4 is 22.6 Å². The molecule has 0 saturated carbocycles. The van der Waals surface area contributed by atoms with E-state index in [1.54, 1.807) is 0 Å². The molecule has 0 bridgehead atoms. The second kappa shape index (κ2) is 10.8. The number of para-hydroxylation sites is 3. The molecule has 0 radical (unpaired) electrons. The smallest absolute Gasteiger partial charge is 0.229 e. The van der Waals surface area contributed by atoms with Crippen LogP contribution in [-0.4, -0.2) is 28.6 Å². The number of benzene rings is 4. The monoisotopic (exact) mass is 503 g/mol. The number of ether oxygens (including phenoxy) is 1. The molecule has 1 atom stereocenters. The molecule has 0 fully saturated rings. The predicted molar refractivity (Wildman–Crippen MR) is 148 cm³/mol. The van der Waals surface area contributed by atoms with Gasteiger partial charge in [0, 0.05) is 29.7 Å². The summed E-state index contributed by atoms with van der Waals surface area (Å²) >= 11 is 0. The fourth-order valence-corrected chi connectivity index (χ4v) is 5.06. The Morgan fingerprint density at radius 3 is 2.50 bits per heavy atom. The van der Waals surface area contributed by atoms with Crippen LogP contribution in [0.4, 0.5) is 5.69 Å². The Morgan fingerprint density at radius 2 is 1.61 bits per heavy atom. The maximum Gasteiger partial charge on any atom is 0.229 e. The lowest BCUT2D eigenvalue weighted by Crippen LogP contribution is -2.45. The van der Waals surface area contributed by atoms with Gasteiger partial charge in [0.05, 0.1) is 12.5 Å². The van der Waals surface area contributed by atoms with Crippen molar-refractivity contribution in [3.63, 3.8) is 0 Å². The van der Waals surface area contributed by atoms with Gasteiger partial charge < -0.3 is 19.5 Å². The van der Waals surface area contributed by atoms with Gasteiger partial charge in [0.1, 0.15) is 18.1 Å². The molecule has 1 amide bonds. The van der Waals surface area contributed by atoms with Crippen molar-refractivity contribution in [2.45, 2.75) is 32.0 Å². The number of fused-ring (bicyclic) bond motifs is 3. The van der Waals surface area contributed by atoms with E-state index < -0.39 is 0 Å². The van der Waals surface area contributed by atoms with E-state index in [0.29, 0.717) is 37.4 Å². The highest BCUT2D eigenvalue weighted by atomic mass is 16.5. The van der Waals surface area contributed by atoms with Gasteiger partial charge in [-0.1, -0.05) is 84.0 Å². The van der Waals surface area contributed by atoms with Gasteiger partial charge in [-0.25, -0.2) is 0 Å². The van der Waals surface area contributed by atoms with Crippen LogP contribution in [-0.2, 0) is 30.7 Å². The number of carbonyl (C=O) groups is 1. The Kier molecular flexibility index (Phi) is 6.77. The van der Waals surface area contributed by atoms with E-state index in [2.05, 4.69) is 40.8 Å². The summed E-state index contributed by atoms with van der Waals surface area (Å²) in [5.74, 6) is 0.809. The molecule has 0 saturated heterocycles. The number of rotatable bonds is 4. The van der Waals surface area contributed by atoms with Crippen molar-refractivity contribution in [1.82, 2.24) is 10.1 Å². The highest BCUT2D eigenvalue weighted by Crippen LogP contribution is 2.27. The highest BCUT2D eigenvalue weighted by molar-refractivity contribution is 5.86. The van der Waals surface area contributed by atoms with Crippen LogP contribution in [0.2, 0.25) is 0 Å². The second-order valence-corrected chi connectivity index (χ2v) is 9.60. The van der Waals surface area contributed by atoms with E-state index in [1.165, 1.54) is 0 Å². The average Bonchev–Trinajstić information content (AvgIpc) is 3.35. The summed E-state index contributed by atoms with van der Waals surface area (Å²) in [6, 6.07) is 34.0. The van der Waals surface area contributed by atoms with Gasteiger partial charge in [-0.3, -0.25) is 4.79 Å². The quantitative estimate of drug-likeness (QED) is 0.325. The lowest BCUT2D eigenvalue weighted by molar-refractivity contribution is -0.134. The molecule has 2 heterocycles. The summed E-state index contributed by atoms with van der Waals surface area (Å²) in [6.45, 7) is 1.46. The van der Waals surface area contributed by atoms with Crippen molar-refractivity contribution in [2.24, 2.45) is 0 Å². The molecule has 190 valence electrons. The minimum Gasteiger partial charge on any atom is -0.491 e. The Hall–Kier alpha value is -4.58. The number of carbonyl (C=O) groups excluding carboxylic acids is 1. The molecule has 0 unspecified atom stereocenters. The van der Waals surface area contributed by atoms with Crippen molar-refractivity contribution in [1.29, 1.82) is 0 Å².